The highest BCUT2D eigenvalue weighted by Gasteiger charge is 2.62. The van der Waals surface area contributed by atoms with Crippen molar-refractivity contribution < 1.29 is 19.0 Å². The lowest BCUT2D eigenvalue weighted by atomic mass is 9.88. The van der Waals surface area contributed by atoms with Crippen LogP contribution in [0.1, 0.15) is 25.7 Å². The molecule has 2 aliphatic carbocycles. The standard InChI is InChI=1S/C16H25NO4/c18-16-13-10-11-9-12(13)15(21-16)14(11)20-8-7-19-6-5-17-3-1-2-4-17/h11-15H,1-10H2. The zero-order chi connectivity index (χ0) is 14.2. The maximum atomic E-state index is 11.7. The number of nitrogens with zero attached hydrogens (tertiary/aromatic N) is 1. The van der Waals surface area contributed by atoms with Gasteiger partial charge in [-0.1, -0.05) is 0 Å². The molecule has 0 aromatic heterocycles. The second kappa shape index (κ2) is 5.86. The summed E-state index contributed by atoms with van der Waals surface area (Å²) in [4.78, 5) is 14.1. The summed E-state index contributed by atoms with van der Waals surface area (Å²) in [5, 5.41) is 0. The minimum Gasteiger partial charge on any atom is -0.459 e. The Bertz CT molecular complexity index is 396. The molecule has 0 spiro atoms. The van der Waals surface area contributed by atoms with Crippen LogP contribution in [0.3, 0.4) is 0 Å². The Balaban J connectivity index is 1.13. The van der Waals surface area contributed by atoms with Gasteiger partial charge in [0.2, 0.25) is 0 Å². The van der Waals surface area contributed by atoms with E-state index in [1.54, 1.807) is 0 Å². The Labute approximate surface area is 125 Å². The predicted molar refractivity (Wildman–Crippen MR) is 75.8 cm³/mol. The Morgan fingerprint density at radius 2 is 2.00 bits per heavy atom. The van der Waals surface area contributed by atoms with Gasteiger partial charge in [-0.2, -0.15) is 0 Å². The average molecular weight is 295 g/mol. The van der Waals surface area contributed by atoms with E-state index in [0.717, 1.165) is 26.0 Å². The van der Waals surface area contributed by atoms with Gasteiger partial charge >= 0.3 is 5.97 Å². The van der Waals surface area contributed by atoms with Crippen molar-refractivity contribution in [3.63, 3.8) is 0 Å². The minimum absolute atomic E-state index is 0.0143. The maximum absolute atomic E-state index is 11.7. The van der Waals surface area contributed by atoms with Crippen LogP contribution in [0, 0.1) is 17.8 Å². The van der Waals surface area contributed by atoms with Gasteiger partial charge in [0.25, 0.3) is 0 Å². The van der Waals surface area contributed by atoms with Crippen LogP contribution in [0.5, 0.6) is 0 Å². The maximum Gasteiger partial charge on any atom is 0.309 e. The van der Waals surface area contributed by atoms with Crippen molar-refractivity contribution in [2.75, 3.05) is 39.5 Å². The van der Waals surface area contributed by atoms with Crippen molar-refractivity contribution in [2.24, 2.45) is 17.8 Å². The molecular formula is C16H25NO4. The van der Waals surface area contributed by atoms with Gasteiger partial charge in [0, 0.05) is 12.5 Å². The number of esters is 1. The first-order valence-electron chi connectivity index (χ1n) is 8.45. The monoisotopic (exact) mass is 295 g/mol. The van der Waals surface area contributed by atoms with Crippen LogP contribution in [0.15, 0.2) is 0 Å². The zero-order valence-corrected chi connectivity index (χ0v) is 12.5. The van der Waals surface area contributed by atoms with Crippen molar-refractivity contribution in [1.82, 2.24) is 4.90 Å². The van der Waals surface area contributed by atoms with Gasteiger partial charge < -0.3 is 19.1 Å². The lowest BCUT2D eigenvalue weighted by Gasteiger charge is -2.25. The molecule has 0 N–H and O–H groups in total. The van der Waals surface area contributed by atoms with E-state index in [0.29, 0.717) is 25.0 Å². The molecule has 4 aliphatic rings. The van der Waals surface area contributed by atoms with Crippen molar-refractivity contribution in [3.8, 4) is 0 Å². The van der Waals surface area contributed by atoms with E-state index in [4.69, 9.17) is 14.2 Å². The number of rotatable bonds is 7. The highest BCUT2D eigenvalue weighted by atomic mass is 16.6. The lowest BCUT2D eigenvalue weighted by Crippen LogP contribution is -2.35. The summed E-state index contributed by atoms with van der Waals surface area (Å²) in [6, 6.07) is 0. The quantitative estimate of drug-likeness (QED) is 0.519. The summed E-state index contributed by atoms with van der Waals surface area (Å²) in [5.74, 6) is 1.15. The van der Waals surface area contributed by atoms with E-state index < -0.39 is 0 Å². The lowest BCUT2D eigenvalue weighted by molar-refractivity contribution is -0.147. The SMILES string of the molecule is O=C1OC2C3CC(CC13)C2OCCOCCN1CCCC1. The number of hydrogen-bond donors (Lipinski definition) is 0. The van der Waals surface area contributed by atoms with E-state index in [1.165, 1.54) is 25.9 Å². The van der Waals surface area contributed by atoms with Gasteiger partial charge in [-0.3, -0.25) is 4.79 Å². The van der Waals surface area contributed by atoms with Gasteiger partial charge in [0.1, 0.15) is 6.10 Å². The zero-order valence-electron chi connectivity index (χ0n) is 12.5. The fraction of sp³-hybridized carbons (Fsp3) is 0.938. The largest absolute Gasteiger partial charge is 0.459 e. The van der Waals surface area contributed by atoms with Crippen LogP contribution in [-0.2, 0) is 19.0 Å². The minimum atomic E-state index is 0.0143. The van der Waals surface area contributed by atoms with E-state index in [1.807, 2.05) is 0 Å². The first-order valence-corrected chi connectivity index (χ1v) is 8.45. The molecule has 0 amide bonds. The molecule has 4 fully saturated rings. The average Bonchev–Trinajstić information content (AvgIpc) is 3.20. The number of carbonyl (C=O) groups excluding carboxylic acids is 1. The molecule has 2 saturated carbocycles. The van der Waals surface area contributed by atoms with Gasteiger partial charge in [-0.25, -0.2) is 0 Å². The third-order valence-corrected chi connectivity index (χ3v) is 5.70. The molecule has 5 unspecified atom stereocenters. The molecular weight excluding hydrogens is 270 g/mol. The fourth-order valence-corrected chi connectivity index (χ4v) is 4.68. The summed E-state index contributed by atoms with van der Waals surface area (Å²) >= 11 is 0. The topological polar surface area (TPSA) is 48.0 Å². The fourth-order valence-electron chi connectivity index (χ4n) is 4.68. The summed E-state index contributed by atoms with van der Waals surface area (Å²) in [5.41, 5.74) is 0. The van der Waals surface area contributed by atoms with Gasteiger partial charge in [-0.15, -0.1) is 0 Å². The molecule has 4 rings (SSSR count). The normalized spacial score (nSPS) is 41.1. The Hall–Kier alpha value is -0.650. The van der Waals surface area contributed by atoms with Gasteiger partial charge in [0.15, 0.2) is 0 Å². The third kappa shape index (κ3) is 2.60. The second-order valence-corrected chi connectivity index (χ2v) is 6.90. The van der Waals surface area contributed by atoms with E-state index >= 15 is 0 Å². The van der Waals surface area contributed by atoms with Crippen molar-refractivity contribution in [3.05, 3.63) is 0 Å². The molecule has 0 aromatic rings. The van der Waals surface area contributed by atoms with Crippen molar-refractivity contribution >= 4 is 5.97 Å². The van der Waals surface area contributed by atoms with Crippen LogP contribution in [0.4, 0.5) is 0 Å². The molecule has 2 aliphatic heterocycles. The molecule has 0 radical (unpaired) electrons. The Morgan fingerprint density at radius 1 is 1.14 bits per heavy atom. The van der Waals surface area contributed by atoms with Gasteiger partial charge in [-0.05, 0) is 44.7 Å². The number of fused-ring (bicyclic) bond motifs is 1. The van der Waals surface area contributed by atoms with Crippen molar-refractivity contribution in [2.45, 2.75) is 37.9 Å². The smallest absolute Gasteiger partial charge is 0.309 e. The highest BCUT2D eigenvalue weighted by molar-refractivity contribution is 5.76. The molecule has 2 heterocycles. The molecule has 0 aromatic carbocycles. The van der Waals surface area contributed by atoms with Crippen LogP contribution in [-0.4, -0.2) is 62.5 Å². The summed E-state index contributed by atoms with van der Waals surface area (Å²) in [6.07, 6.45) is 4.90. The first-order chi connectivity index (χ1) is 10.3. The van der Waals surface area contributed by atoms with E-state index in [2.05, 4.69) is 4.90 Å². The molecule has 5 nitrogen and oxygen atoms in total. The molecule has 5 heteroatoms. The predicted octanol–water partition coefficient (Wildman–Crippen LogP) is 1.07. The van der Waals surface area contributed by atoms with Crippen LogP contribution < -0.4 is 0 Å². The second-order valence-electron chi connectivity index (χ2n) is 6.90. The number of carbonyl (C=O) groups is 1. The summed E-state index contributed by atoms with van der Waals surface area (Å²) in [6.45, 7) is 5.54. The third-order valence-electron chi connectivity index (χ3n) is 5.70. The number of ether oxygens (including phenoxy) is 3. The van der Waals surface area contributed by atoms with E-state index in [-0.39, 0.29) is 24.1 Å². The molecule has 2 saturated heterocycles. The van der Waals surface area contributed by atoms with Crippen LogP contribution >= 0.6 is 0 Å². The highest BCUT2D eigenvalue weighted by Crippen LogP contribution is 2.55. The number of likely N-dealkylation sites (tertiary alicyclic amines) is 1. The van der Waals surface area contributed by atoms with Crippen LogP contribution in [0.2, 0.25) is 0 Å². The van der Waals surface area contributed by atoms with E-state index in [9.17, 15) is 4.79 Å². The molecule has 5 atom stereocenters. The Morgan fingerprint density at radius 3 is 2.86 bits per heavy atom. The molecule has 118 valence electrons. The molecule has 21 heavy (non-hydrogen) atoms. The number of hydrogen-bond acceptors (Lipinski definition) is 5. The molecule has 2 bridgehead atoms. The van der Waals surface area contributed by atoms with Gasteiger partial charge in [0.05, 0.1) is 31.8 Å². The van der Waals surface area contributed by atoms with Crippen LogP contribution in [0.25, 0.3) is 0 Å². The first kappa shape index (κ1) is 14.0. The summed E-state index contributed by atoms with van der Waals surface area (Å²) in [7, 11) is 0. The van der Waals surface area contributed by atoms with Crippen molar-refractivity contribution in [1.29, 1.82) is 0 Å². The Kier molecular flexibility index (Phi) is 3.90. The summed E-state index contributed by atoms with van der Waals surface area (Å²) < 4.78 is 17.1.